The molecule has 1 aromatic heterocycles. The third-order valence-electron chi connectivity index (χ3n) is 9.34. The molecule has 1 amide bonds. The van der Waals surface area contributed by atoms with Crippen LogP contribution >= 0.6 is 0 Å². The number of anilines is 2. The van der Waals surface area contributed by atoms with Gasteiger partial charge in [-0.2, -0.15) is 0 Å². The molecule has 1 unspecified atom stereocenters. The first-order chi connectivity index (χ1) is 26.1. The van der Waals surface area contributed by atoms with Crippen LogP contribution in [-0.2, 0) is 42.5 Å². The number of carboxylic acids is 1. The first kappa shape index (κ1) is 40.6. The zero-order valence-corrected chi connectivity index (χ0v) is 32.5. The minimum Gasteiger partial charge on any atom is -0.611 e. The number of ether oxygens (including phenoxy) is 3. The minimum atomic E-state index is -1.30. The highest BCUT2D eigenvalue weighted by molar-refractivity contribution is 7.90. The number of unbranched alkanes of at least 4 members (excludes halogenated alkanes) is 1. The number of amides is 1. The van der Waals surface area contributed by atoms with Crippen molar-refractivity contribution in [2.75, 3.05) is 56.8 Å². The molecule has 2 heterocycles. The summed E-state index contributed by atoms with van der Waals surface area (Å²) in [6.07, 6.45) is 8.65. The maximum absolute atomic E-state index is 13.8. The van der Waals surface area contributed by atoms with Crippen molar-refractivity contribution in [2.24, 2.45) is 5.41 Å². The molecule has 0 saturated carbocycles. The van der Waals surface area contributed by atoms with E-state index in [0.29, 0.717) is 74.2 Å². The molecule has 0 aliphatic carbocycles. The Balaban J connectivity index is 1.33. The number of fused-ring (bicyclic) bond motifs is 1. The molecule has 1 aliphatic heterocycles. The number of benzene rings is 3. The van der Waals surface area contributed by atoms with Crippen LogP contribution in [0.25, 0.3) is 17.2 Å². The average molecular weight is 757 g/mol. The molecule has 12 heteroatoms. The Hall–Kier alpha value is -4.62. The zero-order chi connectivity index (χ0) is 38.5. The van der Waals surface area contributed by atoms with E-state index in [9.17, 15) is 19.2 Å². The molecule has 0 spiro atoms. The number of carbonyl (C=O) groups is 2. The molecule has 54 heavy (non-hydrogen) atoms. The zero-order valence-electron chi connectivity index (χ0n) is 31.7. The molecule has 1 aliphatic rings. The molecule has 288 valence electrons. The van der Waals surface area contributed by atoms with Gasteiger partial charge in [-0.1, -0.05) is 31.5 Å². The number of rotatable bonds is 19. The molecule has 2 N–H and O–H groups in total. The Labute approximate surface area is 321 Å². The Bertz CT molecular complexity index is 1860. The number of aromatic nitrogens is 2. The normalized spacial score (nSPS) is 14.7. The standard InChI is InChI=1S/C42H52N4O7S/c1-5-6-21-52-23-24-53-37-14-9-31(10-15-37)32-11-18-39-34(25-32)26-33(8-7-19-45(39)29-42(2,3)41(48)49)40(47)44-35-12-16-38(17-13-35)54(50)28-36-27-43-30-46(36)20-22-51-4/h9-18,25-27,30H,5-8,19-24,28-29H2,1-4H3,(H,44,47)(H,48,49)/b33-26+. The molecular weight excluding hydrogens is 705 g/mol. The van der Waals surface area contributed by atoms with Crippen molar-refractivity contribution in [3.05, 3.63) is 96.1 Å². The number of methoxy groups -OCH3 is 1. The van der Waals surface area contributed by atoms with Gasteiger partial charge in [-0.15, -0.1) is 0 Å². The van der Waals surface area contributed by atoms with Gasteiger partial charge in [0.15, 0.2) is 10.6 Å². The maximum Gasteiger partial charge on any atom is 0.310 e. The fourth-order valence-electron chi connectivity index (χ4n) is 6.16. The van der Waals surface area contributed by atoms with Crippen LogP contribution in [0.1, 0.15) is 57.7 Å². The van der Waals surface area contributed by atoms with E-state index >= 15 is 0 Å². The van der Waals surface area contributed by atoms with E-state index in [2.05, 4.69) is 28.2 Å². The lowest BCUT2D eigenvalue weighted by Crippen LogP contribution is -2.40. The SMILES string of the molecule is CCCCOCCOc1ccc(-c2ccc3c(c2)/C=C(/C(=O)Nc2ccc([S+]([O-])Cc4cncn4CCOC)cc2)CCCN3CC(C)(C)C(=O)O)cc1. The van der Waals surface area contributed by atoms with E-state index in [4.69, 9.17) is 14.2 Å². The second kappa shape index (κ2) is 19.6. The number of carbonyl (C=O) groups excluding carboxylic acids is 1. The van der Waals surface area contributed by atoms with Crippen molar-refractivity contribution in [1.29, 1.82) is 0 Å². The van der Waals surface area contributed by atoms with Gasteiger partial charge >= 0.3 is 5.97 Å². The van der Waals surface area contributed by atoms with Crippen molar-refractivity contribution >= 4 is 40.5 Å². The highest BCUT2D eigenvalue weighted by atomic mass is 32.2. The van der Waals surface area contributed by atoms with Crippen molar-refractivity contribution in [3.63, 3.8) is 0 Å². The van der Waals surface area contributed by atoms with Crippen molar-refractivity contribution in [3.8, 4) is 16.9 Å². The maximum atomic E-state index is 13.8. The van der Waals surface area contributed by atoms with Crippen LogP contribution in [0, 0.1) is 5.41 Å². The van der Waals surface area contributed by atoms with E-state index in [1.54, 1.807) is 57.7 Å². The van der Waals surface area contributed by atoms with E-state index < -0.39 is 22.6 Å². The number of hydrogen-bond acceptors (Lipinski definition) is 8. The second-order valence-electron chi connectivity index (χ2n) is 14.0. The van der Waals surface area contributed by atoms with Crippen molar-refractivity contribution in [1.82, 2.24) is 9.55 Å². The van der Waals surface area contributed by atoms with Gasteiger partial charge < -0.3 is 38.7 Å². The molecule has 1 atom stereocenters. The number of nitrogens with zero attached hydrogens (tertiary/aromatic N) is 3. The van der Waals surface area contributed by atoms with Gasteiger partial charge in [0.1, 0.15) is 12.4 Å². The summed E-state index contributed by atoms with van der Waals surface area (Å²) in [5, 5.41) is 13.0. The van der Waals surface area contributed by atoms with Gasteiger partial charge in [-0.05, 0) is 116 Å². The average Bonchev–Trinajstić information content (AvgIpc) is 3.60. The van der Waals surface area contributed by atoms with Crippen LogP contribution in [0.15, 0.2) is 89.7 Å². The molecule has 11 nitrogen and oxygen atoms in total. The van der Waals surface area contributed by atoms with Crippen LogP contribution in [0.4, 0.5) is 11.4 Å². The van der Waals surface area contributed by atoms with Crippen LogP contribution < -0.4 is 15.0 Å². The largest absolute Gasteiger partial charge is 0.611 e. The summed E-state index contributed by atoms with van der Waals surface area (Å²) >= 11 is -1.30. The van der Waals surface area contributed by atoms with E-state index in [1.807, 2.05) is 47.0 Å². The third-order valence-corrected chi connectivity index (χ3v) is 10.7. The molecular formula is C42H52N4O7S. The highest BCUT2D eigenvalue weighted by Gasteiger charge is 2.31. The Morgan fingerprint density at radius 2 is 1.76 bits per heavy atom. The summed E-state index contributed by atoms with van der Waals surface area (Å²) in [4.78, 5) is 32.8. The predicted molar refractivity (Wildman–Crippen MR) is 213 cm³/mol. The Morgan fingerprint density at radius 3 is 2.48 bits per heavy atom. The molecule has 5 rings (SSSR count). The predicted octanol–water partition coefficient (Wildman–Crippen LogP) is 7.43. The van der Waals surface area contributed by atoms with Gasteiger partial charge in [0, 0.05) is 50.3 Å². The van der Waals surface area contributed by atoms with Gasteiger partial charge in [-0.25, -0.2) is 4.98 Å². The third kappa shape index (κ3) is 11.2. The monoisotopic (exact) mass is 756 g/mol. The topological polar surface area (TPSA) is 138 Å². The Kier molecular flexibility index (Phi) is 14.7. The highest BCUT2D eigenvalue weighted by Crippen LogP contribution is 2.35. The smallest absolute Gasteiger partial charge is 0.310 e. The first-order valence-electron chi connectivity index (χ1n) is 18.5. The molecule has 4 aromatic rings. The lowest BCUT2D eigenvalue weighted by molar-refractivity contribution is -0.146. The number of nitrogens with one attached hydrogen (secondary N) is 1. The quantitative estimate of drug-likeness (QED) is 0.0739. The number of carboxylic acid groups (broad SMARTS) is 1. The summed E-state index contributed by atoms with van der Waals surface area (Å²) in [5.41, 5.74) is 4.75. The van der Waals surface area contributed by atoms with Gasteiger partial charge in [-0.3, -0.25) is 9.59 Å². The van der Waals surface area contributed by atoms with Crippen LogP contribution in [0.3, 0.4) is 0 Å². The first-order valence-corrected chi connectivity index (χ1v) is 19.8. The van der Waals surface area contributed by atoms with Crippen LogP contribution in [0.2, 0.25) is 0 Å². The summed E-state index contributed by atoms with van der Waals surface area (Å²) in [6, 6.07) is 21.1. The molecule has 0 fully saturated rings. The number of imidazole rings is 1. The fourth-order valence-corrected chi connectivity index (χ4v) is 7.27. The lowest BCUT2D eigenvalue weighted by atomic mass is 9.91. The number of aliphatic carboxylic acids is 1. The summed E-state index contributed by atoms with van der Waals surface area (Å²) in [5.74, 6) is -0.00939. The Morgan fingerprint density at radius 1 is 1.00 bits per heavy atom. The van der Waals surface area contributed by atoms with Crippen LogP contribution in [0.5, 0.6) is 5.75 Å². The molecule has 0 saturated heterocycles. The molecule has 3 aromatic carbocycles. The van der Waals surface area contributed by atoms with Gasteiger partial charge in [0.05, 0.1) is 36.8 Å². The van der Waals surface area contributed by atoms with E-state index in [1.165, 1.54) is 0 Å². The molecule has 0 bridgehead atoms. The van der Waals surface area contributed by atoms with E-state index in [-0.39, 0.29) is 5.91 Å². The fraction of sp³-hybridized carbons (Fsp3) is 0.405. The van der Waals surface area contributed by atoms with Crippen molar-refractivity contribution < 1.29 is 33.5 Å². The molecule has 0 radical (unpaired) electrons. The second-order valence-corrected chi connectivity index (χ2v) is 15.5. The van der Waals surface area contributed by atoms with E-state index in [0.717, 1.165) is 53.3 Å². The van der Waals surface area contributed by atoms with Crippen LogP contribution in [-0.4, -0.2) is 77.7 Å². The summed E-state index contributed by atoms with van der Waals surface area (Å²) in [6.45, 7) is 9.44. The van der Waals surface area contributed by atoms with Gasteiger partial charge in [0.25, 0.3) is 5.91 Å². The lowest BCUT2D eigenvalue weighted by Gasteiger charge is -2.34. The summed E-state index contributed by atoms with van der Waals surface area (Å²) < 4.78 is 31.7. The van der Waals surface area contributed by atoms with Crippen molar-refractivity contribution in [2.45, 2.75) is 63.6 Å². The number of hydrogen-bond donors (Lipinski definition) is 2. The summed E-state index contributed by atoms with van der Waals surface area (Å²) in [7, 11) is 1.64. The minimum absolute atomic E-state index is 0.221. The van der Waals surface area contributed by atoms with Gasteiger partial charge in [0.2, 0.25) is 0 Å².